The Kier molecular flexibility index (Phi) is 3.72. The topological polar surface area (TPSA) is 66.8 Å². The number of hydrogen-bond acceptors (Lipinski definition) is 3. The highest BCUT2D eigenvalue weighted by Gasteiger charge is 2.24. The molecule has 4 rings (SSSR count). The molecular formula is C17H16BrN5O. The molecule has 0 atom stereocenters. The summed E-state index contributed by atoms with van der Waals surface area (Å²) >= 11 is 3.41. The number of amides is 1. The lowest BCUT2D eigenvalue weighted by molar-refractivity contribution is 0.0732. The van der Waals surface area contributed by atoms with Gasteiger partial charge in [-0.05, 0) is 31.2 Å². The minimum absolute atomic E-state index is 0.00346. The number of aromatic amines is 1. The second-order valence-electron chi connectivity index (χ2n) is 5.87. The van der Waals surface area contributed by atoms with E-state index in [1.54, 1.807) is 17.1 Å². The molecule has 24 heavy (non-hydrogen) atoms. The molecule has 1 amide bonds. The third-order valence-electron chi connectivity index (χ3n) is 4.16. The fourth-order valence-corrected chi connectivity index (χ4v) is 3.23. The number of hydrogen-bond donors (Lipinski definition) is 1. The first-order valence-electron chi connectivity index (χ1n) is 7.74. The highest BCUT2D eigenvalue weighted by Crippen LogP contribution is 2.19. The molecule has 1 aromatic carbocycles. The maximum Gasteiger partial charge on any atom is 0.257 e. The summed E-state index contributed by atoms with van der Waals surface area (Å²) in [5, 5.41) is 4.31. The zero-order valence-corrected chi connectivity index (χ0v) is 14.7. The number of aryl methyl sites for hydroxylation is 1. The van der Waals surface area contributed by atoms with Crippen LogP contribution < -0.4 is 0 Å². The monoisotopic (exact) mass is 385 g/mol. The van der Waals surface area contributed by atoms with Crippen LogP contribution in [0.2, 0.25) is 0 Å². The molecule has 7 heteroatoms. The third kappa shape index (κ3) is 2.75. The van der Waals surface area contributed by atoms with E-state index in [0.29, 0.717) is 18.7 Å². The van der Waals surface area contributed by atoms with Crippen LogP contribution >= 0.6 is 15.9 Å². The number of aromatic nitrogens is 4. The maximum absolute atomic E-state index is 12.7. The van der Waals surface area contributed by atoms with Gasteiger partial charge >= 0.3 is 0 Å². The summed E-state index contributed by atoms with van der Waals surface area (Å²) in [6.07, 6.45) is 4.18. The van der Waals surface area contributed by atoms with Gasteiger partial charge in [-0.15, -0.1) is 0 Å². The van der Waals surface area contributed by atoms with Crippen LogP contribution in [0.3, 0.4) is 0 Å². The van der Waals surface area contributed by atoms with Gasteiger partial charge in [0.15, 0.2) is 0 Å². The average Bonchev–Trinajstić information content (AvgIpc) is 3.20. The Bertz CT molecular complexity index is 896. The Labute approximate surface area is 147 Å². The van der Waals surface area contributed by atoms with Crippen molar-refractivity contribution in [2.75, 3.05) is 6.54 Å². The van der Waals surface area contributed by atoms with Crippen LogP contribution in [-0.4, -0.2) is 37.1 Å². The SMILES string of the molecule is Cc1nc2c([nH]1)CN(C(=O)c1cnn(-c3ccc(Br)cc3)c1)CC2. The van der Waals surface area contributed by atoms with Crippen molar-refractivity contribution in [3.63, 3.8) is 0 Å². The van der Waals surface area contributed by atoms with E-state index in [-0.39, 0.29) is 5.91 Å². The molecule has 0 saturated heterocycles. The standard InChI is InChI=1S/C17H16BrN5O/c1-11-20-15-6-7-22(10-16(15)21-11)17(24)12-8-19-23(9-12)14-4-2-13(18)3-5-14/h2-5,8-9H,6-7,10H2,1H3,(H,20,21). The van der Waals surface area contributed by atoms with E-state index < -0.39 is 0 Å². The first-order valence-corrected chi connectivity index (χ1v) is 8.54. The molecule has 0 saturated carbocycles. The molecule has 0 fully saturated rings. The van der Waals surface area contributed by atoms with Crippen LogP contribution in [0.1, 0.15) is 27.6 Å². The normalized spacial score (nSPS) is 13.8. The molecule has 3 aromatic rings. The third-order valence-corrected chi connectivity index (χ3v) is 4.69. The fraction of sp³-hybridized carbons (Fsp3) is 0.235. The van der Waals surface area contributed by atoms with Gasteiger partial charge < -0.3 is 9.88 Å². The first-order chi connectivity index (χ1) is 11.6. The number of benzene rings is 1. The van der Waals surface area contributed by atoms with Gasteiger partial charge in [0.25, 0.3) is 5.91 Å². The largest absolute Gasteiger partial charge is 0.344 e. The molecule has 1 N–H and O–H groups in total. The zero-order chi connectivity index (χ0) is 16.7. The van der Waals surface area contributed by atoms with Crippen molar-refractivity contribution < 1.29 is 4.79 Å². The minimum atomic E-state index is -0.00346. The van der Waals surface area contributed by atoms with Gasteiger partial charge in [0.2, 0.25) is 0 Å². The Hall–Kier alpha value is -2.41. The summed E-state index contributed by atoms with van der Waals surface area (Å²) in [5.41, 5.74) is 3.62. The van der Waals surface area contributed by atoms with Crippen molar-refractivity contribution >= 4 is 21.8 Å². The Morgan fingerprint density at radius 1 is 1.29 bits per heavy atom. The average molecular weight is 386 g/mol. The quantitative estimate of drug-likeness (QED) is 0.737. The number of carbonyl (C=O) groups excluding carboxylic acids is 1. The highest BCUT2D eigenvalue weighted by molar-refractivity contribution is 9.10. The van der Waals surface area contributed by atoms with E-state index in [4.69, 9.17) is 0 Å². The molecule has 0 unspecified atom stereocenters. The van der Waals surface area contributed by atoms with Crippen LogP contribution in [0.15, 0.2) is 41.1 Å². The van der Waals surface area contributed by atoms with Gasteiger partial charge in [0.1, 0.15) is 5.82 Å². The summed E-state index contributed by atoms with van der Waals surface area (Å²) < 4.78 is 2.73. The minimum Gasteiger partial charge on any atom is -0.344 e. The molecule has 0 bridgehead atoms. The maximum atomic E-state index is 12.7. The van der Waals surface area contributed by atoms with E-state index in [0.717, 1.165) is 33.8 Å². The van der Waals surface area contributed by atoms with Crippen molar-refractivity contribution in [2.45, 2.75) is 19.9 Å². The van der Waals surface area contributed by atoms with Crippen LogP contribution in [0.4, 0.5) is 0 Å². The predicted molar refractivity (Wildman–Crippen MR) is 93.0 cm³/mol. The van der Waals surface area contributed by atoms with Crippen LogP contribution in [-0.2, 0) is 13.0 Å². The zero-order valence-electron chi connectivity index (χ0n) is 13.2. The predicted octanol–water partition coefficient (Wildman–Crippen LogP) is 2.86. The molecule has 1 aliphatic rings. The lowest BCUT2D eigenvalue weighted by atomic mass is 10.1. The van der Waals surface area contributed by atoms with Crippen molar-refractivity contribution in [2.24, 2.45) is 0 Å². The second-order valence-corrected chi connectivity index (χ2v) is 6.79. The molecule has 0 spiro atoms. The van der Waals surface area contributed by atoms with Crippen LogP contribution in [0, 0.1) is 6.92 Å². The van der Waals surface area contributed by atoms with Crippen molar-refractivity contribution in [3.05, 3.63) is 63.9 Å². The van der Waals surface area contributed by atoms with Gasteiger partial charge in [-0.1, -0.05) is 15.9 Å². The summed E-state index contributed by atoms with van der Waals surface area (Å²) in [5.74, 6) is 0.897. The smallest absolute Gasteiger partial charge is 0.257 e. The summed E-state index contributed by atoms with van der Waals surface area (Å²) in [7, 11) is 0. The number of carbonyl (C=O) groups is 1. The lowest BCUT2D eigenvalue weighted by Crippen LogP contribution is -2.35. The van der Waals surface area contributed by atoms with Gasteiger partial charge in [0, 0.05) is 23.6 Å². The fourth-order valence-electron chi connectivity index (χ4n) is 2.96. The van der Waals surface area contributed by atoms with Gasteiger partial charge in [-0.25, -0.2) is 9.67 Å². The molecule has 122 valence electrons. The summed E-state index contributed by atoms with van der Waals surface area (Å²) in [6.45, 7) is 3.19. The van der Waals surface area contributed by atoms with E-state index >= 15 is 0 Å². The number of fused-ring (bicyclic) bond motifs is 1. The lowest BCUT2D eigenvalue weighted by Gasteiger charge is -2.25. The van der Waals surface area contributed by atoms with Crippen molar-refractivity contribution in [1.82, 2.24) is 24.6 Å². The van der Waals surface area contributed by atoms with Crippen molar-refractivity contribution in [3.8, 4) is 5.69 Å². The second kappa shape index (κ2) is 5.90. The molecule has 3 heterocycles. The van der Waals surface area contributed by atoms with Gasteiger partial charge in [-0.2, -0.15) is 5.10 Å². The summed E-state index contributed by atoms with van der Waals surface area (Å²) in [6, 6.07) is 7.80. The molecule has 0 aliphatic carbocycles. The number of rotatable bonds is 2. The molecule has 2 aromatic heterocycles. The van der Waals surface area contributed by atoms with Gasteiger partial charge in [0.05, 0.1) is 35.4 Å². The number of imidazole rings is 1. The van der Waals surface area contributed by atoms with Crippen LogP contribution in [0.25, 0.3) is 5.69 Å². The number of nitrogens with zero attached hydrogens (tertiary/aromatic N) is 4. The summed E-state index contributed by atoms with van der Waals surface area (Å²) in [4.78, 5) is 22.3. The molecular weight excluding hydrogens is 370 g/mol. The Morgan fingerprint density at radius 3 is 2.88 bits per heavy atom. The molecule has 1 aliphatic heterocycles. The number of halogens is 1. The number of H-pyrrole nitrogens is 1. The molecule has 0 radical (unpaired) electrons. The van der Waals surface area contributed by atoms with E-state index in [2.05, 4.69) is 31.0 Å². The number of nitrogens with one attached hydrogen (secondary N) is 1. The van der Waals surface area contributed by atoms with Gasteiger partial charge in [-0.3, -0.25) is 4.79 Å². The van der Waals surface area contributed by atoms with Crippen LogP contribution in [0.5, 0.6) is 0 Å². The van der Waals surface area contributed by atoms with E-state index in [9.17, 15) is 4.79 Å². The molecule has 6 nitrogen and oxygen atoms in total. The first kappa shape index (κ1) is 15.1. The van der Waals surface area contributed by atoms with E-state index in [1.807, 2.05) is 36.1 Å². The Morgan fingerprint density at radius 2 is 2.08 bits per heavy atom. The van der Waals surface area contributed by atoms with E-state index in [1.165, 1.54) is 0 Å². The van der Waals surface area contributed by atoms with Crippen molar-refractivity contribution in [1.29, 1.82) is 0 Å². The Balaban J connectivity index is 1.54. The highest BCUT2D eigenvalue weighted by atomic mass is 79.9.